The molecule has 1 heterocycles. The summed E-state index contributed by atoms with van der Waals surface area (Å²) in [6.45, 7) is 4.19. The molecule has 1 nitrogen and oxygen atoms in total. The van der Waals surface area contributed by atoms with E-state index in [1.807, 2.05) is 43.3 Å². The second kappa shape index (κ2) is 7.00. The Morgan fingerprint density at radius 2 is 2.10 bits per heavy atom. The third-order valence-corrected chi connectivity index (χ3v) is 5.26. The van der Waals surface area contributed by atoms with Crippen LogP contribution in [0.4, 0.5) is 0 Å². The third kappa shape index (κ3) is 3.68. The van der Waals surface area contributed by atoms with Crippen LogP contribution in [0.25, 0.3) is 6.08 Å². The smallest absolute Gasteiger partial charge is 0.195 e. The van der Waals surface area contributed by atoms with Crippen LogP contribution in [0.2, 0.25) is 0 Å². The van der Waals surface area contributed by atoms with Gasteiger partial charge in [0.05, 0.1) is 4.88 Å². The highest BCUT2D eigenvalue weighted by molar-refractivity contribution is 9.10. The van der Waals surface area contributed by atoms with Gasteiger partial charge in [-0.25, -0.2) is 0 Å². The van der Waals surface area contributed by atoms with Crippen LogP contribution in [-0.2, 0) is 6.42 Å². The molecule has 0 aliphatic rings. The van der Waals surface area contributed by atoms with Gasteiger partial charge in [-0.15, -0.1) is 11.3 Å². The zero-order valence-electron chi connectivity index (χ0n) is 11.7. The van der Waals surface area contributed by atoms with Gasteiger partial charge in [0.25, 0.3) is 0 Å². The molecule has 0 bridgehead atoms. The second-order valence-corrected chi connectivity index (χ2v) is 6.68. The molecule has 0 saturated heterocycles. The Balaban J connectivity index is 2.16. The van der Waals surface area contributed by atoms with Crippen LogP contribution in [0, 0.1) is 6.92 Å². The van der Waals surface area contributed by atoms with E-state index in [1.165, 1.54) is 10.4 Å². The van der Waals surface area contributed by atoms with Crippen LogP contribution < -0.4 is 0 Å². The van der Waals surface area contributed by atoms with Gasteiger partial charge in [-0.3, -0.25) is 4.79 Å². The number of benzene rings is 1. The number of aryl methyl sites for hydroxylation is 2. The van der Waals surface area contributed by atoms with E-state index in [2.05, 4.69) is 22.9 Å². The number of carbonyl (C=O) groups is 1. The molecule has 0 aliphatic carbocycles. The van der Waals surface area contributed by atoms with E-state index >= 15 is 0 Å². The molecule has 0 atom stereocenters. The van der Waals surface area contributed by atoms with Crippen LogP contribution in [0.1, 0.15) is 39.0 Å². The fourth-order valence-corrected chi connectivity index (χ4v) is 3.84. The highest BCUT2D eigenvalue weighted by Crippen LogP contribution is 2.29. The molecule has 0 fully saturated rings. The predicted octanol–water partition coefficient (Wildman–Crippen LogP) is 5.67. The molecule has 3 heteroatoms. The minimum atomic E-state index is 0.0707. The van der Waals surface area contributed by atoms with Gasteiger partial charge < -0.3 is 0 Å². The largest absolute Gasteiger partial charge is 0.288 e. The quantitative estimate of drug-likeness (QED) is 0.502. The number of carbonyl (C=O) groups excluding carboxylic acids is 1. The molecule has 1 aromatic heterocycles. The maximum absolute atomic E-state index is 12.2. The SMILES string of the molecule is CCCc1sc(C(=O)/C=C/c2ccccc2C)cc1Br. The van der Waals surface area contributed by atoms with Crippen molar-refractivity contribution in [2.24, 2.45) is 0 Å². The molecule has 0 aliphatic heterocycles. The Labute approximate surface area is 132 Å². The molecular weight excluding hydrogens is 332 g/mol. The van der Waals surface area contributed by atoms with Crippen molar-refractivity contribution in [1.82, 2.24) is 0 Å². The molecule has 1 aromatic carbocycles. The van der Waals surface area contributed by atoms with Gasteiger partial charge in [-0.1, -0.05) is 43.7 Å². The Morgan fingerprint density at radius 1 is 1.35 bits per heavy atom. The third-order valence-electron chi connectivity index (χ3n) is 3.08. The van der Waals surface area contributed by atoms with Gasteiger partial charge >= 0.3 is 0 Å². The molecular formula is C17H17BrOS. The molecule has 0 unspecified atom stereocenters. The number of rotatable bonds is 5. The second-order valence-electron chi connectivity index (χ2n) is 4.69. The van der Waals surface area contributed by atoms with Crippen LogP contribution in [0.15, 0.2) is 40.9 Å². The average molecular weight is 349 g/mol. The summed E-state index contributed by atoms with van der Waals surface area (Å²) >= 11 is 5.11. The lowest BCUT2D eigenvalue weighted by Crippen LogP contribution is -1.89. The number of hydrogen-bond donors (Lipinski definition) is 0. The van der Waals surface area contributed by atoms with Crippen LogP contribution in [-0.4, -0.2) is 5.78 Å². The van der Waals surface area contributed by atoms with Gasteiger partial charge in [-0.2, -0.15) is 0 Å². The first-order chi connectivity index (χ1) is 9.61. The molecule has 0 radical (unpaired) electrons. The summed E-state index contributed by atoms with van der Waals surface area (Å²) in [5.41, 5.74) is 2.26. The number of ketones is 1. The highest BCUT2D eigenvalue weighted by atomic mass is 79.9. The van der Waals surface area contributed by atoms with E-state index in [4.69, 9.17) is 0 Å². The molecule has 2 aromatic rings. The molecule has 0 N–H and O–H groups in total. The van der Waals surface area contributed by atoms with Crippen molar-refractivity contribution in [3.8, 4) is 0 Å². The highest BCUT2D eigenvalue weighted by Gasteiger charge is 2.10. The first-order valence-corrected chi connectivity index (χ1v) is 8.29. The van der Waals surface area contributed by atoms with Gasteiger partial charge in [0.2, 0.25) is 0 Å². The summed E-state index contributed by atoms with van der Waals surface area (Å²) in [5.74, 6) is 0.0707. The lowest BCUT2D eigenvalue weighted by atomic mass is 10.1. The van der Waals surface area contributed by atoms with Crippen molar-refractivity contribution in [2.45, 2.75) is 26.7 Å². The van der Waals surface area contributed by atoms with Crippen LogP contribution in [0.3, 0.4) is 0 Å². The summed E-state index contributed by atoms with van der Waals surface area (Å²) in [4.78, 5) is 14.2. The van der Waals surface area contributed by atoms with Gasteiger partial charge in [0.1, 0.15) is 0 Å². The van der Waals surface area contributed by atoms with E-state index in [1.54, 1.807) is 17.4 Å². The number of thiophene rings is 1. The fraction of sp³-hybridized carbons (Fsp3) is 0.235. The van der Waals surface area contributed by atoms with Gasteiger partial charge in [-0.05, 0) is 52.5 Å². The zero-order chi connectivity index (χ0) is 14.5. The minimum absolute atomic E-state index is 0.0707. The van der Waals surface area contributed by atoms with Crippen molar-refractivity contribution in [3.63, 3.8) is 0 Å². The number of halogens is 1. The summed E-state index contributed by atoms with van der Waals surface area (Å²) in [6.07, 6.45) is 5.66. The van der Waals surface area contributed by atoms with Crippen molar-refractivity contribution >= 4 is 39.1 Å². The van der Waals surface area contributed by atoms with E-state index < -0.39 is 0 Å². The Bertz CT molecular complexity index is 640. The average Bonchev–Trinajstić information content (AvgIpc) is 2.80. The normalized spacial score (nSPS) is 11.2. The molecule has 104 valence electrons. The predicted molar refractivity (Wildman–Crippen MR) is 90.6 cm³/mol. The van der Waals surface area contributed by atoms with Crippen LogP contribution in [0.5, 0.6) is 0 Å². The summed E-state index contributed by atoms with van der Waals surface area (Å²) in [5, 5.41) is 0. The first-order valence-electron chi connectivity index (χ1n) is 6.68. The fourth-order valence-electron chi connectivity index (χ4n) is 1.95. The Hall–Kier alpha value is -1.19. The maximum Gasteiger partial charge on any atom is 0.195 e. The zero-order valence-corrected chi connectivity index (χ0v) is 14.1. The topological polar surface area (TPSA) is 17.1 Å². The Morgan fingerprint density at radius 3 is 2.80 bits per heavy atom. The molecule has 20 heavy (non-hydrogen) atoms. The van der Waals surface area contributed by atoms with Crippen molar-refractivity contribution in [2.75, 3.05) is 0 Å². The van der Waals surface area contributed by atoms with Crippen molar-refractivity contribution < 1.29 is 4.79 Å². The van der Waals surface area contributed by atoms with Gasteiger partial charge in [0.15, 0.2) is 5.78 Å². The molecule has 0 spiro atoms. The standard InChI is InChI=1S/C17H17BrOS/c1-3-6-16-14(18)11-17(20-16)15(19)10-9-13-8-5-4-7-12(13)2/h4-5,7-11H,3,6H2,1-2H3/b10-9+. The van der Waals surface area contributed by atoms with E-state index in [-0.39, 0.29) is 5.78 Å². The summed E-state index contributed by atoms with van der Waals surface area (Å²) in [7, 11) is 0. The lowest BCUT2D eigenvalue weighted by Gasteiger charge is -1.97. The van der Waals surface area contributed by atoms with E-state index in [0.29, 0.717) is 0 Å². The minimum Gasteiger partial charge on any atom is -0.288 e. The van der Waals surface area contributed by atoms with E-state index in [9.17, 15) is 4.79 Å². The first kappa shape index (κ1) is 15.2. The van der Waals surface area contributed by atoms with Gasteiger partial charge in [0, 0.05) is 9.35 Å². The molecule has 0 amide bonds. The number of allylic oxidation sites excluding steroid dienone is 1. The summed E-state index contributed by atoms with van der Waals surface area (Å²) in [6, 6.07) is 9.98. The van der Waals surface area contributed by atoms with Crippen molar-refractivity contribution in [1.29, 1.82) is 0 Å². The Kier molecular flexibility index (Phi) is 5.32. The number of hydrogen-bond acceptors (Lipinski definition) is 2. The summed E-state index contributed by atoms with van der Waals surface area (Å²) < 4.78 is 1.05. The lowest BCUT2D eigenvalue weighted by molar-refractivity contribution is 0.105. The molecule has 2 rings (SSSR count). The van der Waals surface area contributed by atoms with Crippen LogP contribution >= 0.6 is 27.3 Å². The molecule has 0 saturated carbocycles. The van der Waals surface area contributed by atoms with Crippen molar-refractivity contribution in [3.05, 3.63) is 61.8 Å². The van der Waals surface area contributed by atoms with E-state index in [0.717, 1.165) is 27.8 Å². The maximum atomic E-state index is 12.2. The monoisotopic (exact) mass is 348 g/mol.